The van der Waals surface area contributed by atoms with Crippen LogP contribution in [0.4, 0.5) is 0 Å². The van der Waals surface area contributed by atoms with E-state index in [1.54, 1.807) is 0 Å². The molecule has 0 bridgehead atoms. The molecule has 104 valence electrons. The van der Waals surface area contributed by atoms with Crippen LogP contribution in [0.3, 0.4) is 0 Å². The highest BCUT2D eigenvalue weighted by Gasteiger charge is 2.30. The van der Waals surface area contributed by atoms with E-state index in [2.05, 4.69) is 23.6 Å². The van der Waals surface area contributed by atoms with Crippen LogP contribution in [0.5, 0.6) is 0 Å². The highest BCUT2D eigenvalue weighted by atomic mass is 16.4. The predicted molar refractivity (Wildman–Crippen MR) is 70.8 cm³/mol. The van der Waals surface area contributed by atoms with Crippen LogP contribution in [0.25, 0.3) is 0 Å². The standard InChI is InChI=1S/C13H25N3O2/c1-11(2)16-4-3-12(9-16)15-7-5-14(6-8-15)10-13(17)18/h11-12H,3-10H2,1-2H3,(H,17,18). The Balaban J connectivity index is 1.75. The molecule has 0 amide bonds. The van der Waals surface area contributed by atoms with Crippen molar-refractivity contribution in [3.63, 3.8) is 0 Å². The molecule has 5 heteroatoms. The van der Waals surface area contributed by atoms with E-state index in [1.807, 2.05) is 4.90 Å². The quantitative estimate of drug-likeness (QED) is 0.776. The zero-order valence-corrected chi connectivity index (χ0v) is 11.5. The Morgan fingerprint density at radius 3 is 2.39 bits per heavy atom. The molecule has 1 N–H and O–H groups in total. The predicted octanol–water partition coefficient (Wildman–Crippen LogP) is 0.171. The van der Waals surface area contributed by atoms with Crippen LogP contribution >= 0.6 is 0 Å². The maximum atomic E-state index is 10.7. The van der Waals surface area contributed by atoms with Crippen LogP contribution in [-0.2, 0) is 4.79 Å². The summed E-state index contributed by atoms with van der Waals surface area (Å²) < 4.78 is 0. The topological polar surface area (TPSA) is 47.0 Å². The fourth-order valence-corrected chi connectivity index (χ4v) is 3.01. The summed E-state index contributed by atoms with van der Waals surface area (Å²) in [7, 11) is 0. The van der Waals surface area contributed by atoms with E-state index in [0.29, 0.717) is 12.1 Å². The molecule has 0 spiro atoms. The summed E-state index contributed by atoms with van der Waals surface area (Å²) in [4.78, 5) is 17.8. The summed E-state index contributed by atoms with van der Waals surface area (Å²) in [5.74, 6) is -0.713. The van der Waals surface area contributed by atoms with Crippen LogP contribution in [0.15, 0.2) is 0 Å². The maximum absolute atomic E-state index is 10.7. The van der Waals surface area contributed by atoms with Crippen LogP contribution in [0.2, 0.25) is 0 Å². The highest BCUT2D eigenvalue weighted by Crippen LogP contribution is 2.19. The SMILES string of the molecule is CC(C)N1CCC(N2CCN(CC(=O)O)CC2)C1. The van der Waals surface area contributed by atoms with Crippen molar-refractivity contribution >= 4 is 5.97 Å². The number of hydrogen-bond donors (Lipinski definition) is 1. The van der Waals surface area contributed by atoms with Gasteiger partial charge in [0, 0.05) is 51.4 Å². The lowest BCUT2D eigenvalue weighted by Gasteiger charge is -2.37. The molecule has 2 aliphatic rings. The summed E-state index contributed by atoms with van der Waals surface area (Å²) in [6.07, 6.45) is 1.26. The number of carboxylic acids is 1. The number of piperazine rings is 1. The minimum Gasteiger partial charge on any atom is -0.480 e. The molecule has 1 atom stereocenters. The number of hydrogen-bond acceptors (Lipinski definition) is 4. The Labute approximate surface area is 109 Å². The van der Waals surface area contributed by atoms with Gasteiger partial charge >= 0.3 is 5.97 Å². The van der Waals surface area contributed by atoms with Gasteiger partial charge in [0.05, 0.1) is 6.54 Å². The monoisotopic (exact) mass is 255 g/mol. The average molecular weight is 255 g/mol. The molecule has 2 rings (SSSR count). The summed E-state index contributed by atoms with van der Waals surface area (Å²) in [6, 6.07) is 1.32. The van der Waals surface area contributed by atoms with Crippen LogP contribution in [0.1, 0.15) is 20.3 Å². The average Bonchev–Trinajstić information content (AvgIpc) is 2.78. The summed E-state index contributed by atoms with van der Waals surface area (Å²) in [6.45, 7) is 10.9. The zero-order chi connectivity index (χ0) is 13.1. The van der Waals surface area contributed by atoms with Gasteiger partial charge in [0.15, 0.2) is 0 Å². The molecule has 2 heterocycles. The van der Waals surface area contributed by atoms with Crippen molar-refractivity contribution in [2.75, 3.05) is 45.8 Å². The van der Waals surface area contributed by atoms with Gasteiger partial charge in [0.2, 0.25) is 0 Å². The second-order valence-corrected chi connectivity index (χ2v) is 5.74. The lowest BCUT2D eigenvalue weighted by molar-refractivity contribution is -0.138. The van der Waals surface area contributed by atoms with Gasteiger partial charge in [-0.15, -0.1) is 0 Å². The van der Waals surface area contributed by atoms with Crippen LogP contribution in [-0.4, -0.2) is 83.7 Å². The molecule has 0 aliphatic carbocycles. The van der Waals surface area contributed by atoms with Gasteiger partial charge in [-0.1, -0.05) is 0 Å². The molecular formula is C13H25N3O2. The van der Waals surface area contributed by atoms with Gasteiger partial charge in [-0.3, -0.25) is 19.5 Å². The third-order valence-corrected chi connectivity index (χ3v) is 4.21. The second-order valence-electron chi connectivity index (χ2n) is 5.74. The molecule has 2 saturated heterocycles. The fraction of sp³-hybridized carbons (Fsp3) is 0.923. The first-order valence-electron chi connectivity index (χ1n) is 6.98. The molecule has 2 fully saturated rings. The van der Waals surface area contributed by atoms with Crippen molar-refractivity contribution in [3.8, 4) is 0 Å². The van der Waals surface area contributed by atoms with Gasteiger partial charge in [-0.2, -0.15) is 0 Å². The second kappa shape index (κ2) is 5.99. The number of likely N-dealkylation sites (tertiary alicyclic amines) is 1. The molecular weight excluding hydrogens is 230 g/mol. The Morgan fingerprint density at radius 2 is 1.89 bits per heavy atom. The number of carboxylic acid groups (broad SMARTS) is 1. The van der Waals surface area contributed by atoms with Crippen LogP contribution in [0, 0.1) is 0 Å². The summed E-state index contributed by atoms with van der Waals surface area (Å²) in [5, 5.41) is 8.78. The normalized spacial score (nSPS) is 28.1. The van der Waals surface area contributed by atoms with Crippen molar-refractivity contribution < 1.29 is 9.90 Å². The summed E-state index contributed by atoms with van der Waals surface area (Å²) in [5.41, 5.74) is 0. The third kappa shape index (κ3) is 3.43. The largest absolute Gasteiger partial charge is 0.480 e. The number of carbonyl (C=O) groups is 1. The maximum Gasteiger partial charge on any atom is 0.317 e. The zero-order valence-electron chi connectivity index (χ0n) is 11.5. The molecule has 0 aromatic rings. The van der Waals surface area contributed by atoms with Gasteiger partial charge < -0.3 is 5.11 Å². The van der Waals surface area contributed by atoms with E-state index in [4.69, 9.17) is 5.11 Å². The van der Waals surface area contributed by atoms with Gasteiger partial charge in [0.25, 0.3) is 0 Å². The van der Waals surface area contributed by atoms with Crippen molar-refractivity contribution in [2.45, 2.75) is 32.4 Å². The molecule has 18 heavy (non-hydrogen) atoms. The van der Waals surface area contributed by atoms with Crippen LogP contribution < -0.4 is 0 Å². The number of nitrogens with zero attached hydrogens (tertiary/aromatic N) is 3. The van der Waals surface area contributed by atoms with Crippen molar-refractivity contribution in [2.24, 2.45) is 0 Å². The lowest BCUT2D eigenvalue weighted by Crippen LogP contribution is -2.52. The number of aliphatic carboxylic acids is 1. The molecule has 0 aromatic carbocycles. The Kier molecular flexibility index (Phi) is 4.59. The third-order valence-electron chi connectivity index (χ3n) is 4.21. The molecule has 2 aliphatic heterocycles. The smallest absolute Gasteiger partial charge is 0.317 e. The van der Waals surface area contributed by atoms with E-state index in [0.717, 1.165) is 26.2 Å². The number of rotatable bonds is 4. The highest BCUT2D eigenvalue weighted by molar-refractivity contribution is 5.69. The Morgan fingerprint density at radius 1 is 1.22 bits per heavy atom. The summed E-state index contributed by atoms with van der Waals surface area (Å²) >= 11 is 0. The fourth-order valence-electron chi connectivity index (χ4n) is 3.01. The van der Waals surface area contributed by atoms with Gasteiger partial charge in [-0.05, 0) is 20.3 Å². The van der Waals surface area contributed by atoms with Crippen molar-refractivity contribution in [3.05, 3.63) is 0 Å². The van der Waals surface area contributed by atoms with Gasteiger partial charge in [0.1, 0.15) is 0 Å². The molecule has 0 radical (unpaired) electrons. The minimum atomic E-state index is -0.713. The van der Waals surface area contributed by atoms with E-state index in [9.17, 15) is 4.79 Å². The van der Waals surface area contributed by atoms with E-state index in [1.165, 1.54) is 19.5 Å². The Bertz CT molecular complexity index is 288. The molecule has 0 saturated carbocycles. The van der Waals surface area contributed by atoms with Gasteiger partial charge in [-0.25, -0.2) is 0 Å². The van der Waals surface area contributed by atoms with E-state index >= 15 is 0 Å². The Hall–Kier alpha value is -0.650. The molecule has 5 nitrogen and oxygen atoms in total. The molecule has 0 aromatic heterocycles. The molecule has 1 unspecified atom stereocenters. The van der Waals surface area contributed by atoms with E-state index < -0.39 is 5.97 Å². The first-order chi connectivity index (χ1) is 8.56. The first-order valence-corrected chi connectivity index (χ1v) is 6.98. The first kappa shape index (κ1) is 13.8. The minimum absolute atomic E-state index is 0.191. The van der Waals surface area contributed by atoms with E-state index in [-0.39, 0.29) is 6.54 Å². The van der Waals surface area contributed by atoms with Crippen molar-refractivity contribution in [1.82, 2.24) is 14.7 Å². The van der Waals surface area contributed by atoms with Crippen molar-refractivity contribution in [1.29, 1.82) is 0 Å². The lowest BCUT2D eigenvalue weighted by atomic mass is 10.2.